The molecule has 0 radical (unpaired) electrons. The number of aliphatic hydroxyl groups excluding tert-OH is 2. The second-order valence-corrected chi connectivity index (χ2v) is 21.7. The first kappa shape index (κ1) is 70.2. The van der Waals surface area contributed by atoms with Gasteiger partial charge in [-0.15, -0.1) is 0 Å². The number of allylic oxidation sites excluding steroid dienone is 4. The van der Waals surface area contributed by atoms with Crippen LogP contribution in [0.25, 0.3) is 0 Å². The zero-order chi connectivity index (χ0) is 54.7. The van der Waals surface area contributed by atoms with Crippen LogP contribution in [0.3, 0.4) is 0 Å². The van der Waals surface area contributed by atoms with E-state index in [9.17, 15) is 34.5 Å². The molecule has 1 fully saturated rings. The third-order valence-electron chi connectivity index (χ3n) is 14.5. The summed E-state index contributed by atoms with van der Waals surface area (Å²) in [4.78, 5) is 51.2. The molecule has 1 saturated heterocycles. The molecule has 75 heavy (non-hydrogen) atoms. The fraction of sp³-hybridized carbons (Fsp3) is 0.873. The van der Waals surface area contributed by atoms with Gasteiger partial charge in [-0.2, -0.15) is 0 Å². The van der Waals surface area contributed by atoms with Gasteiger partial charge < -0.3 is 39.0 Å². The van der Waals surface area contributed by atoms with Gasteiger partial charge in [-0.3, -0.25) is 14.4 Å². The zero-order valence-corrected chi connectivity index (χ0v) is 48.3. The number of hydrogen-bond acceptors (Lipinski definition) is 11. The van der Waals surface area contributed by atoms with Crippen molar-refractivity contribution in [2.75, 3.05) is 13.2 Å². The number of carboxylic acid groups (broad SMARTS) is 1. The van der Waals surface area contributed by atoms with E-state index in [1.54, 1.807) is 0 Å². The van der Waals surface area contributed by atoms with Crippen LogP contribution >= 0.6 is 0 Å². The van der Waals surface area contributed by atoms with E-state index in [-0.39, 0.29) is 25.9 Å². The molecule has 0 saturated carbocycles. The highest BCUT2D eigenvalue weighted by Gasteiger charge is 2.50. The number of carbonyl (C=O) groups excluding carboxylic acids is 3. The Labute approximate surface area is 458 Å². The maximum Gasteiger partial charge on any atom is 0.335 e. The fourth-order valence-electron chi connectivity index (χ4n) is 9.69. The number of rotatable bonds is 54. The standard InChI is InChI=1S/C63H114O12/c1-4-7-10-13-16-19-22-25-28-31-34-37-40-43-46-49-55(64)71-52-54(73-56(65)50-47-44-41-38-35-32-29-26-23-20-17-14-11-8-5-2)53-72-63-61(59(68)58(67)60(75-63)62(69)70)74-57(66)51-48-45-42-39-36-33-30-27-24-21-18-15-12-9-6-3/h18,21,27,30,54,58-61,63,67-68H,4-17,19-20,22-26,28-29,31-53H2,1-3H3,(H,69,70)/b21-18-,30-27-. The van der Waals surface area contributed by atoms with Crippen LogP contribution < -0.4 is 0 Å². The highest BCUT2D eigenvalue weighted by Crippen LogP contribution is 2.27. The summed E-state index contributed by atoms with van der Waals surface area (Å²) in [6, 6.07) is 0. The SMILES string of the molecule is CCCCC/C=C\C/C=C\CCCCCCCC(=O)OC1C(OCC(COC(=O)CCCCCCCCCCCCCCCCC)OC(=O)CCCCCCCCCCCCCCCCC)OC(C(=O)O)C(O)C1O. The van der Waals surface area contributed by atoms with E-state index < -0.39 is 67.3 Å². The molecule has 0 spiro atoms. The molecular weight excluding hydrogens is 949 g/mol. The van der Waals surface area contributed by atoms with Crippen molar-refractivity contribution in [3.8, 4) is 0 Å². The largest absolute Gasteiger partial charge is 0.479 e. The average molecular weight is 1060 g/mol. The summed E-state index contributed by atoms with van der Waals surface area (Å²) in [5.41, 5.74) is 0. The van der Waals surface area contributed by atoms with Crippen LogP contribution in [0.4, 0.5) is 0 Å². The van der Waals surface area contributed by atoms with Gasteiger partial charge in [0.05, 0.1) is 6.61 Å². The van der Waals surface area contributed by atoms with E-state index >= 15 is 0 Å². The van der Waals surface area contributed by atoms with E-state index in [1.807, 2.05) is 0 Å². The van der Waals surface area contributed by atoms with Crippen molar-refractivity contribution in [1.82, 2.24) is 0 Å². The predicted molar refractivity (Wildman–Crippen MR) is 303 cm³/mol. The van der Waals surface area contributed by atoms with E-state index in [0.29, 0.717) is 19.3 Å². The Hall–Kier alpha value is -2.80. The molecule has 6 atom stereocenters. The first-order valence-electron chi connectivity index (χ1n) is 31.3. The van der Waals surface area contributed by atoms with Crippen molar-refractivity contribution >= 4 is 23.9 Å². The minimum atomic E-state index is -1.90. The number of ether oxygens (including phenoxy) is 5. The Morgan fingerprint density at radius 1 is 0.440 bits per heavy atom. The lowest BCUT2D eigenvalue weighted by Gasteiger charge is -2.40. The normalized spacial score (nSPS) is 18.2. The smallest absolute Gasteiger partial charge is 0.335 e. The lowest BCUT2D eigenvalue weighted by atomic mass is 9.98. The lowest BCUT2D eigenvalue weighted by molar-refractivity contribution is -0.301. The second-order valence-electron chi connectivity index (χ2n) is 21.7. The van der Waals surface area contributed by atoms with Crippen LogP contribution in [0.1, 0.15) is 303 Å². The van der Waals surface area contributed by atoms with E-state index in [0.717, 1.165) is 83.5 Å². The second kappa shape index (κ2) is 51.9. The Morgan fingerprint density at radius 3 is 1.23 bits per heavy atom. The molecular formula is C63H114O12. The van der Waals surface area contributed by atoms with Gasteiger partial charge in [0.25, 0.3) is 0 Å². The number of aliphatic carboxylic acids is 1. The van der Waals surface area contributed by atoms with Gasteiger partial charge in [0, 0.05) is 19.3 Å². The maximum absolute atomic E-state index is 13.2. The first-order valence-corrected chi connectivity index (χ1v) is 31.3. The van der Waals surface area contributed by atoms with Crippen molar-refractivity contribution in [3.05, 3.63) is 24.3 Å². The topological polar surface area (TPSA) is 175 Å². The minimum absolute atomic E-state index is 0.0493. The molecule has 12 heteroatoms. The summed E-state index contributed by atoms with van der Waals surface area (Å²) in [6.07, 6.45) is 47.1. The third kappa shape index (κ3) is 41.9. The van der Waals surface area contributed by atoms with Crippen molar-refractivity contribution in [2.45, 2.75) is 340 Å². The lowest BCUT2D eigenvalue weighted by Crippen LogP contribution is -2.61. The number of esters is 3. The summed E-state index contributed by atoms with van der Waals surface area (Å²) >= 11 is 0. The number of aliphatic hydroxyl groups is 2. The molecule has 3 N–H and O–H groups in total. The molecule has 0 aliphatic carbocycles. The van der Waals surface area contributed by atoms with Gasteiger partial charge in [0.15, 0.2) is 24.6 Å². The van der Waals surface area contributed by atoms with Crippen LogP contribution in [0.5, 0.6) is 0 Å². The highest BCUT2D eigenvalue weighted by molar-refractivity contribution is 5.74. The first-order chi connectivity index (χ1) is 36.6. The molecule has 1 aliphatic heterocycles. The Kier molecular flexibility index (Phi) is 48.6. The Morgan fingerprint density at radius 2 is 0.800 bits per heavy atom. The van der Waals surface area contributed by atoms with Gasteiger partial charge in [0.1, 0.15) is 18.8 Å². The molecule has 1 aliphatic rings. The van der Waals surface area contributed by atoms with Gasteiger partial charge >= 0.3 is 23.9 Å². The molecule has 1 rings (SSSR count). The molecule has 0 aromatic heterocycles. The molecule has 0 aromatic rings. The summed E-state index contributed by atoms with van der Waals surface area (Å²) < 4.78 is 28.5. The van der Waals surface area contributed by atoms with Gasteiger partial charge in [-0.25, -0.2) is 4.79 Å². The molecule has 6 unspecified atom stereocenters. The monoisotopic (exact) mass is 1060 g/mol. The van der Waals surface area contributed by atoms with Crippen LogP contribution in [0, 0.1) is 0 Å². The Balaban J connectivity index is 2.67. The third-order valence-corrected chi connectivity index (χ3v) is 14.5. The summed E-state index contributed by atoms with van der Waals surface area (Å²) in [5, 5.41) is 31.5. The van der Waals surface area contributed by atoms with Crippen LogP contribution in [0.2, 0.25) is 0 Å². The van der Waals surface area contributed by atoms with Crippen molar-refractivity contribution < 1.29 is 58.2 Å². The predicted octanol–water partition coefficient (Wildman–Crippen LogP) is 16.2. The molecule has 0 amide bonds. The number of carbonyl (C=O) groups is 4. The number of hydrogen-bond donors (Lipinski definition) is 3. The highest BCUT2D eigenvalue weighted by atomic mass is 16.7. The summed E-state index contributed by atoms with van der Waals surface area (Å²) in [7, 11) is 0. The van der Waals surface area contributed by atoms with E-state index in [4.69, 9.17) is 23.7 Å². The zero-order valence-electron chi connectivity index (χ0n) is 48.3. The molecule has 438 valence electrons. The molecule has 0 bridgehead atoms. The molecule has 0 aromatic carbocycles. The summed E-state index contributed by atoms with van der Waals surface area (Å²) in [5.74, 6) is -3.10. The molecule has 12 nitrogen and oxygen atoms in total. The van der Waals surface area contributed by atoms with Crippen LogP contribution in [-0.4, -0.2) is 89.2 Å². The van der Waals surface area contributed by atoms with Gasteiger partial charge in [-0.1, -0.05) is 257 Å². The fourth-order valence-corrected chi connectivity index (χ4v) is 9.69. The van der Waals surface area contributed by atoms with E-state index in [2.05, 4.69) is 45.1 Å². The van der Waals surface area contributed by atoms with E-state index in [1.165, 1.54) is 161 Å². The van der Waals surface area contributed by atoms with Gasteiger partial charge in [-0.05, 0) is 51.4 Å². The quantitative estimate of drug-likeness (QED) is 0.0228. The molecule has 1 heterocycles. The van der Waals surface area contributed by atoms with Crippen LogP contribution in [0.15, 0.2) is 24.3 Å². The van der Waals surface area contributed by atoms with Crippen molar-refractivity contribution in [1.29, 1.82) is 0 Å². The average Bonchev–Trinajstić information content (AvgIpc) is 3.39. The maximum atomic E-state index is 13.2. The Bertz CT molecular complexity index is 1400. The van der Waals surface area contributed by atoms with Crippen molar-refractivity contribution in [3.63, 3.8) is 0 Å². The number of unbranched alkanes of at least 4 members (excludes halogenated alkanes) is 36. The summed E-state index contributed by atoms with van der Waals surface area (Å²) in [6.45, 7) is 6.01. The van der Waals surface area contributed by atoms with Crippen molar-refractivity contribution in [2.24, 2.45) is 0 Å². The van der Waals surface area contributed by atoms with Crippen LogP contribution in [-0.2, 0) is 42.9 Å². The minimum Gasteiger partial charge on any atom is -0.479 e. The number of carboxylic acids is 1. The van der Waals surface area contributed by atoms with Gasteiger partial charge in [0.2, 0.25) is 0 Å².